The van der Waals surface area contributed by atoms with E-state index in [1.165, 1.54) is 33.9 Å². The monoisotopic (exact) mass is 202 g/mol. The molecule has 3 rings (SSSR count). The summed E-state index contributed by atoms with van der Waals surface area (Å²) in [7, 11) is 0. The summed E-state index contributed by atoms with van der Waals surface area (Å²) in [6.07, 6.45) is 3.06. The van der Waals surface area contributed by atoms with Crippen molar-refractivity contribution in [2.24, 2.45) is 0 Å². The fraction of sp³-hybridized carbons (Fsp3) is 0.182. The van der Waals surface area contributed by atoms with E-state index in [1.807, 2.05) is 6.20 Å². The summed E-state index contributed by atoms with van der Waals surface area (Å²) in [6, 6.07) is 6.58. The lowest BCUT2D eigenvalue weighted by atomic mass is 10.0. The molecule has 0 atom stereocenters. The maximum Gasteiger partial charge on any atom is 0.0485 e. The number of benzene rings is 1. The molecular formula is C11H10N2S. The summed E-state index contributed by atoms with van der Waals surface area (Å²) in [6.45, 7) is 1.07. The minimum Gasteiger partial charge on any atom is -0.384 e. The van der Waals surface area contributed by atoms with Gasteiger partial charge in [-0.25, -0.2) is 4.37 Å². The fourth-order valence-electron chi connectivity index (χ4n) is 1.83. The average Bonchev–Trinajstić information content (AvgIpc) is 2.88. The van der Waals surface area contributed by atoms with Crippen molar-refractivity contribution in [3.63, 3.8) is 0 Å². The number of nitrogens with zero attached hydrogens (tertiary/aromatic N) is 1. The highest BCUT2D eigenvalue weighted by atomic mass is 32.1. The molecule has 0 saturated heterocycles. The molecule has 0 aliphatic carbocycles. The van der Waals surface area contributed by atoms with E-state index in [9.17, 15) is 0 Å². The minimum atomic E-state index is 1.07. The van der Waals surface area contributed by atoms with E-state index in [2.05, 4.69) is 33.3 Å². The lowest BCUT2D eigenvalue weighted by molar-refractivity contribution is 1.11. The molecule has 2 heterocycles. The maximum atomic E-state index is 4.12. The first-order valence-electron chi connectivity index (χ1n) is 4.70. The topological polar surface area (TPSA) is 24.9 Å². The second-order valence-corrected chi connectivity index (χ2v) is 4.12. The van der Waals surface area contributed by atoms with Gasteiger partial charge in [-0.05, 0) is 41.2 Å². The van der Waals surface area contributed by atoms with Gasteiger partial charge in [0.05, 0.1) is 0 Å². The van der Waals surface area contributed by atoms with Crippen LogP contribution >= 0.6 is 11.5 Å². The summed E-state index contributed by atoms with van der Waals surface area (Å²) >= 11 is 1.50. The zero-order chi connectivity index (χ0) is 9.38. The van der Waals surface area contributed by atoms with E-state index in [4.69, 9.17) is 0 Å². The van der Waals surface area contributed by atoms with Crippen LogP contribution in [0.15, 0.2) is 29.8 Å². The first-order valence-corrected chi connectivity index (χ1v) is 5.54. The number of hydrogen-bond donors (Lipinski definition) is 1. The molecule has 1 aromatic carbocycles. The Bertz CT molecular complexity index is 448. The molecule has 0 bridgehead atoms. The third-order valence-corrected chi connectivity index (χ3v) is 3.17. The molecule has 1 aromatic heterocycles. The van der Waals surface area contributed by atoms with Gasteiger partial charge < -0.3 is 5.32 Å². The predicted octanol–water partition coefficient (Wildman–Crippen LogP) is 2.78. The highest BCUT2D eigenvalue weighted by Gasteiger charge is 2.10. The first-order chi connectivity index (χ1) is 6.93. The molecule has 1 aliphatic heterocycles. The van der Waals surface area contributed by atoms with Crippen LogP contribution in [0.5, 0.6) is 0 Å². The third kappa shape index (κ3) is 1.21. The van der Waals surface area contributed by atoms with Crippen LogP contribution in [0.3, 0.4) is 0 Å². The second kappa shape index (κ2) is 3.10. The average molecular weight is 202 g/mol. The Balaban J connectivity index is 2.09. The van der Waals surface area contributed by atoms with Crippen LogP contribution in [0.4, 0.5) is 5.69 Å². The molecule has 0 radical (unpaired) electrons. The molecule has 70 valence electrons. The van der Waals surface area contributed by atoms with E-state index in [1.54, 1.807) is 0 Å². The Kier molecular flexibility index (Phi) is 1.77. The van der Waals surface area contributed by atoms with E-state index in [0.29, 0.717) is 0 Å². The van der Waals surface area contributed by atoms with Crippen LogP contribution in [0.2, 0.25) is 0 Å². The quantitative estimate of drug-likeness (QED) is 0.769. The van der Waals surface area contributed by atoms with Crippen LogP contribution in [-0.4, -0.2) is 10.9 Å². The minimum absolute atomic E-state index is 1.07. The van der Waals surface area contributed by atoms with Crippen molar-refractivity contribution in [1.29, 1.82) is 0 Å². The largest absolute Gasteiger partial charge is 0.384 e. The highest BCUT2D eigenvalue weighted by molar-refractivity contribution is 7.03. The van der Waals surface area contributed by atoms with Gasteiger partial charge in [0.25, 0.3) is 0 Å². The number of rotatable bonds is 1. The van der Waals surface area contributed by atoms with Crippen LogP contribution in [0, 0.1) is 0 Å². The molecule has 2 aromatic rings. The van der Waals surface area contributed by atoms with Crippen molar-refractivity contribution in [2.75, 3.05) is 11.9 Å². The molecule has 0 saturated carbocycles. The Morgan fingerprint density at radius 2 is 2.29 bits per heavy atom. The molecule has 2 nitrogen and oxygen atoms in total. The summed E-state index contributed by atoms with van der Waals surface area (Å²) in [4.78, 5) is 0. The third-order valence-electron chi connectivity index (χ3n) is 2.58. The molecule has 0 spiro atoms. The van der Waals surface area contributed by atoms with Gasteiger partial charge in [0.15, 0.2) is 0 Å². The smallest absolute Gasteiger partial charge is 0.0485 e. The van der Waals surface area contributed by atoms with E-state index >= 15 is 0 Å². The summed E-state index contributed by atoms with van der Waals surface area (Å²) in [5, 5.41) is 5.45. The van der Waals surface area contributed by atoms with Crippen molar-refractivity contribution in [2.45, 2.75) is 6.42 Å². The van der Waals surface area contributed by atoms with Gasteiger partial charge in [-0.3, -0.25) is 0 Å². The Morgan fingerprint density at radius 1 is 1.29 bits per heavy atom. The highest BCUT2D eigenvalue weighted by Crippen LogP contribution is 2.28. The molecule has 0 unspecified atom stereocenters. The van der Waals surface area contributed by atoms with E-state index in [-0.39, 0.29) is 0 Å². The fourth-order valence-corrected chi connectivity index (χ4v) is 2.38. The van der Waals surface area contributed by atoms with Crippen LogP contribution < -0.4 is 5.32 Å². The van der Waals surface area contributed by atoms with Gasteiger partial charge in [-0.2, -0.15) is 0 Å². The van der Waals surface area contributed by atoms with E-state index < -0.39 is 0 Å². The van der Waals surface area contributed by atoms with E-state index in [0.717, 1.165) is 13.0 Å². The predicted molar refractivity (Wildman–Crippen MR) is 59.7 cm³/mol. The molecule has 1 aliphatic rings. The molecule has 0 amide bonds. The molecular weight excluding hydrogens is 192 g/mol. The number of nitrogens with one attached hydrogen (secondary N) is 1. The van der Waals surface area contributed by atoms with Crippen LogP contribution in [0.1, 0.15) is 5.56 Å². The van der Waals surface area contributed by atoms with Crippen molar-refractivity contribution >= 4 is 17.2 Å². The van der Waals surface area contributed by atoms with Gasteiger partial charge in [0.2, 0.25) is 0 Å². The Morgan fingerprint density at radius 3 is 3.14 bits per heavy atom. The van der Waals surface area contributed by atoms with Gasteiger partial charge in [0.1, 0.15) is 0 Å². The van der Waals surface area contributed by atoms with Gasteiger partial charge in [0, 0.05) is 29.4 Å². The lowest BCUT2D eigenvalue weighted by Crippen LogP contribution is -1.90. The van der Waals surface area contributed by atoms with Crippen LogP contribution in [0.25, 0.3) is 11.1 Å². The van der Waals surface area contributed by atoms with Crippen molar-refractivity contribution < 1.29 is 0 Å². The number of fused-ring (bicyclic) bond motifs is 1. The molecule has 1 N–H and O–H groups in total. The Labute approximate surface area is 86.8 Å². The van der Waals surface area contributed by atoms with Crippen molar-refractivity contribution in [3.8, 4) is 11.1 Å². The molecule has 0 fully saturated rings. The summed E-state index contributed by atoms with van der Waals surface area (Å²) in [5.41, 5.74) is 5.22. The zero-order valence-electron chi connectivity index (χ0n) is 7.66. The summed E-state index contributed by atoms with van der Waals surface area (Å²) in [5.74, 6) is 0. The SMILES string of the molecule is c1cc2c(cc1-c1cnsc1)CCN2. The van der Waals surface area contributed by atoms with Crippen LogP contribution in [-0.2, 0) is 6.42 Å². The van der Waals surface area contributed by atoms with Gasteiger partial charge in [-0.15, -0.1) is 0 Å². The first kappa shape index (κ1) is 8.00. The Hall–Kier alpha value is -1.35. The zero-order valence-corrected chi connectivity index (χ0v) is 8.47. The van der Waals surface area contributed by atoms with Gasteiger partial charge >= 0.3 is 0 Å². The number of hydrogen-bond acceptors (Lipinski definition) is 3. The van der Waals surface area contributed by atoms with Crippen molar-refractivity contribution in [1.82, 2.24) is 4.37 Å². The normalized spacial score (nSPS) is 13.7. The second-order valence-electron chi connectivity index (χ2n) is 3.46. The standard InChI is InChI=1S/C11H10N2S/c1-2-11-9(3-4-12-11)5-8(1)10-6-13-14-7-10/h1-2,5-7,12H,3-4H2. The molecule has 14 heavy (non-hydrogen) atoms. The lowest BCUT2D eigenvalue weighted by Gasteiger charge is -2.02. The molecule has 3 heteroatoms. The number of anilines is 1. The maximum absolute atomic E-state index is 4.12. The van der Waals surface area contributed by atoms with Crippen molar-refractivity contribution in [3.05, 3.63) is 35.3 Å². The number of aromatic nitrogens is 1. The van der Waals surface area contributed by atoms with Gasteiger partial charge in [-0.1, -0.05) is 6.07 Å². The summed E-state index contributed by atoms with van der Waals surface area (Å²) < 4.78 is 4.12.